The summed E-state index contributed by atoms with van der Waals surface area (Å²) in [7, 11) is 1.34. The van der Waals surface area contributed by atoms with E-state index in [1.54, 1.807) is 17.0 Å². The van der Waals surface area contributed by atoms with Crippen LogP contribution in [0.3, 0.4) is 0 Å². The van der Waals surface area contributed by atoms with E-state index in [2.05, 4.69) is 20.9 Å². The molecule has 1 aromatic heterocycles. The molecular formula is C16H22BrN3O4. The average molecular weight is 400 g/mol. The number of anilines is 1. The number of halogens is 1. The van der Waals surface area contributed by atoms with E-state index >= 15 is 0 Å². The SMILES string of the molecule is COC(=O)c1cc(Br)nc(N2CCN(C(=O)OC(C)(C)C)CC2)c1. The van der Waals surface area contributed by atoms with Gasteiger partial charge in [-0.1, -0.05) is 0 Å². The van der Waals surface area contributed by atoms with Crippen molar-refractivity contribution in [3.05, 3.63) is 22.3 Å². The zero-order valence-electron chi connectivity index (χ0n) is 14.3. The van der Waals surface area contributed by atoms with E-state index in [1.165, 1.54) is 7.11 Å². The molecule has 2 heterocycles. The van der Waals surface area contributed by atoms with Crippen LogP contribution in [0.4, 0.5) is 10.6 Å². The van der Waals surface area contributed by atoms with Crippen molar-refractivity contribution in [3.63, 3.8) is 0 Å². The first-order valence-electron chi connectivity index (χ1n) is 7.68. The Balaban J connectivity index is 2.03. The predicted molar refractivity (Wildman–Crippen MR) is 93.3 cm³/mol. The van der Waals surface area contributed by atoms with Crippen LogP contribution < -0.4 is 4.90 Å². The monoisotopic (exact) mass is 399 g/mol. The lowest BCUT2D eigenvalue weighted by atomic mass is 10.2. The van der Waals surface area contributed by atoms with Gasteiger partial charge in [0.1, 0.15) is 16.0 Å². The third kappa shape index (κ3) is 4.83. The summed E-state index contributed by atoms with van der Waals surface area (Å²) in [6.07, 6.45) is -0.306. The number of carbonyl (C=O) groups excluding carboxylic acids is 2. The fourth-order valence-electron chi connectivity index (χ4n) is 2.33. The summed E-state index contributed by atoms with van der Waals surface area (Å²) in [5.74, 6) is 0.264. The van der Waals surface area contributed by atoms with Gasteiger partial charge in [0, 0.05) is 26.2 Å². The van der Waals surface area contributed by atoms with Gasteiger partial charge in [0.05, 0.1) is 12.7 Å². The maximum Gasteiger partial charge on any atom is 0.410 e. The highest BCUT2D eigenvalue weighted by molar-refractivity contribution is 9.10. The second-order valence-electron chi connectivity index (χ2n) is 6.48. The average Bonchev–Trinajstić information content (AvgIpc) is 2.52. The highest BCUT2D eigenvalue weighted by atomic mass is 79.9. The zero-order valence-corrected chi connectivity index (χ0v) is 15.9. The fourth-order valence-corrected chi connectivity index (χ4v) is 2.75. The van der Waals surface area contributed by atoms with E-state index in [1.807, 2.05) is 25.7 Å². The summed E-state index contributed by atoms with van der Waals surface area (Å²) in [5, 5.41) is 0. The highest BCUT2D eigenvalue weighted by Crippen LogP contribution is 2.21. The number of ether oxygens (including phenoxy) is 2. The smallest absolute Gasteiger partial charge is 0.410 e. The molecule has 1 aromatic rings. The molecule has 24 heavy (non-hydrogen) atoms. The van der Waals surface area contributed by atoms with Crippen LogP contribution in [-0.2, 0) is 9.47 Å². The Bertz CT molecular complexity index is 622. The molecule has 0 atom stereocenters. The standard InChI is InChI=1S/C16H22BrN3O4/c1-16(2,3)24-15(22)20-7-5-19(6-8-20)13-10-11(14(21)23-4)9-12(17)18-13/h9-10H,5-8H2,1-4H3. The molecule has 0 bridgehead atoms. The van der Waals surface area contributed by atoms with Crippen molar-refractivity contribution in [2.45, 2.75) is 26.4 Å². The number of hydrogen-bond acceptors (Lipinski definition) is 6. The Hall–Kier alpha value is -1.83. The second kappa shape index (κ2) is 7.38. The maximum absolute atomic E-state index is 12.1. The first-order valence-corrected chi connectivity index (χ1v) is 8.47. The molecule has 1 aliphatic heterocycles. The van der Waals surface area contributed by atoms with Gasteiger partial charge in [0.15, 0.2) is 0 Å². The van der Waals surface area contributed by atoms with E-state index < -0.39 is 11.6 Å². The van der Waals surface area contributed by atoms with Crippen molar-refractivity contribution in [3.8, 4) is 0 Å². The molecule has 7 nitrogen and oxygen atoms in total. The van der Waals surface area contributed by atoms with Crippen molar-refractivity contribution in [2.24, 2.45) is 0 Å². The topological polar surface area (TPSA) is 72.0 Å². The van der Waals surface area contributed by atoms with E-state index in [4.69, 9.17) is 9.47 Å². The molecule has 8 heteroatoms. The molecule has 0 radical (unpaired) electrons. The zero-order chi connectivity index (χ0) is 17.9. The number of amides is 1. The molecule has 1 amide bonds. The molecule has 132 valence electrons. The van der Waals surface area contributed by atoms with Crippen LogP contribution in [0, 0.1) is 0 Å². The third-order valence-electron chi connectivity index (χ3n) is 3.46. The molecule has 1 saturated heterocycles. The van der Waals surface area contributed by atoms with Gasteiger partial charge < -0.3 is 19.3 Å². The molecule has 0 aliphatic carbocycles. The summed E-state index contributed by atoms with van der Waals surface area (Å²) in [5.41, 5.74) is -0.0703. The van der Waals surface area contributed by atoms with Gasteiger partial charge in [0.25, 0.3) is 0 Å². The first kappa shape index (κ1) is 18.5. The Morgan fingerprint density at radius 3 is 2.33 bits per heavy atom. The van der Waals surface area contributed by atoms with Crippen molar-refractivity contribution in [1.82, 2.24) is 9.88 Å². The molecule has 0 saturated carbocycles. The predicted octanol–water partition coefficient (Wildman–Crippen LogP) is 2.69. The quantitative estimate of drug-likeness (QED) is 0.562. The van der Waals surface area contributed by atoms with Crippen molar-refractivity contribution >= 4 is 33.8 Å². The number of methoxy groups -OCH3 is 1. The minimum atomic E-state index is -0.504. The van der Waals surface area contributed by atoms with Crippen molar-refractivity contribution in [2.75, 3.05) is 38.2 Å². The van der Waals surface area contributed by atoms with Gasteiger partial charge in [-0.15, -0.1) is 0 Å². The number of rotatable bonds is 2. The van der Waals surface area contributed by atoms with Crippen LogP contribution in [0.1, 0.15) is 31.1 Å². The molecule has 1 aliphatic rings. The number of aromatic nitrogens is 1. The van der Waals surface area contributed by atoms with Crippen LogP contribution in [0.5, 0.6) is 0 Å². The van der Waals surface area contributed by atoms with Gasteiger partial charge in [-0.2, -0.15) is 0 Å². The van der Waals surface area contributed by atoms with Gasteiger partial charge in [-0.25, -0.2) is 14.6 Å². The lowest BCUT2D eigenvalue weighted by Crippen LogP contribution is -2.50. The van der Waals surface area contributed by atoms with Crippen molar-refractivity contribution in [1.29, 1.82) is 0 Å². The number of hydrogen-bond donors (Lipinski definition) is 0. The molecule has 0 aromatic carbocycles. The van der Waals surface area contributed by atoms with Crippen LogP contribution in [-0.4, -0.2) is 60.8 Å². The van der Waals surface area contributed by atoms with E-state index in [0.29, 0.717) is 42.2 Å². The summed E-state index contributed by atoms with van der Waals surface area (Å²) >= 11 is 3.32. The maximum atomic E-state index is 12.1. The molecular weight excluding hydrogens is 378 g/mol. The number of nitrogens with zero attached hydrogens (tertiary/aromatic N) is 3. The van der Waals surface area contributed by atoms with Gasteiger partial charge in [-0.05, 0) is 48.8 Å². The van der Waals surface area contributed by atoms with Crippen LogP contribution in [0.2, 0.25) is 0 Å². The largest absolute Gasteiger partial charge is 0.465 e. The Morgan fingerprint density at radius 2 is 1.79 bits per heavy atom. The highest BCUT2D eigenvalue weighted by Gasteiger charge is 2.26. The van der Waals surface area contributed by atoms with Crippen LogP contribution in [0.25, 0.3) is 0 Å². The Morgan fingerprint density at radius 1 is 1.17 bits per heavy atom. The van der Waals surface area contributed by atoms with Crippen LogP contribution >= 0.6 is 15.9 Å². The van der Waals surface area contributed by atoms with Gasteiger partial charge >= 0.3 is 12.1 Å². The Labute approximate surface area is 150 Å². The lowest BCUT2D eigenvalue weighted by Gasteiger charge is -2.36. The van der Waals surface area contributed by atoms with E-state index in [-0.39, 0.29) is 6.09 Å². The molecule has 0 unspecified atom stereocenters. The van der Waals surface area contributed by atoms with Crippen molar-refractivity contribution < 1.29 is 19.1 Å². The molecule has 2 rings (SSSR count). The van der Waals surface area contributed by atoms with Crippen LogP contribution in [0.15, 0.2) is 16.7 Å². The summed E-state index contributed by atoms with van der Waals surface area (Å²) in [6, 6.07) is 3.31. The molecule has 0 spiro atoms. The molecule has 1 fully saturated rings. The second-order valence-corrected chi connectivity index (χ2v) is 7.30. The minimum absolute atomic E-state index is 0.306. The lowest BCUT2D eigenvalue weighted by molar-refractivity contribution is 0.0240. The summed E-state index contributed by atoms with van der Waals surface area (Å²) in [4.78, 5) is 31.9. The third-order valence-corrected chi connectivity index (χ3v) is 3.86. The van der Waals surface area contributed by atoms with E-state index in [9.17, 15) is 9.59 Å². The Kier molecular flexibility index (Phi) is 5.69. The summed E-state index contributed by atoms with van der Waals surface area (Å²) < 4.78 is 10.7. The number of piperazine rings is 1. The number of esters is 1. The fraction of sp³-hybridized carbons (Fsp3) is 0.562. The van der Waals surface area contributed by atoms with Gasteiger partial charge in [-0.3, -0.25) is 0 Å². The number of carbonyl (C=O) groups is 2. The van der Waals surface area contributed by atoms with E-state index in [0.717, 1.165) is 0 Å². The van der Waals surface area contributed by atoms with Gasteiger partial charge in [0.2, 0.25) is 0 Å². The summed E-state index contributed by atoms with van der Waals surface area (Å²) in [6.45, 7) is 7.85. The molecule has 0 N–H and O–H groups in total. The number of pyridine rings is 1. The normalized spacial score (nSPS) is 15.2. The minimum Gasteiger partial charge on any atom is -0.465 e. The first-order chi connectivity index (χ1) is 11.2.